The van der Waals surface area contributed by atoms with Crippen molar-refractivity contribution in [1.29, 1.82) is 0 Å². The first-order valence-corrected chi connectivity index (χ1v) is 5.22. The van der Waals surface area contributed by atoms with E-state index in [0.717, 1.165) is 0 Å². The Bertz CT molecular complexity index is 194. The Morgan fingerprint density at radius 2 is 1.83 bits per heavy atom. The van der Waals surface area contributed by atoms with E-state index in [2.05, 4.69) is 33.0 Å². The summed E-state index contributed by atoms with van der Waals surface area (Å²) in [6, 6.07) is 0. The monoisotopic (exact) mass is 167 g/mol. The van der Waals surface area contributed by atoms with Crippen molar-refractivity contribution in [3.63, 3.8) is 0 Å². The third-order valence-electron chi connectivity index (χ3n) is 4.29. The first-order valence-electron chi connectivity index (χ1n) is 5.22. The second kappa shape index (κ2) is 2.06. The Morgan fingerprint density at radius 3 is 2.08 bits per heavy atom. The van der Waals surface area contributed by atoms with Crippen LogP contribution in [0.4, 0.5) is 0 Å². The van der Waals surface area contributed by atoms with Gasteiger partial charge in [0.05, 0.1) is 0 Å². The van der Waals surface area contributed by atoms with Crippen molar-refractivity contribution < 1.29 is 0 Å². The fourth-order valence-electron chi connectivity index (χ4n) is 3.04. The zero-order valence-corrected chi connectivity index (χ0v) is 8.83. The molecule has 2 saturated heterocycles. The second-order valence-corrected chi connectivity index (χ2v) is 5.77. The Kier molecular flexibility index (Phi) is 1.47. The molecule has 2 unspecified atom stereocenters. The number of fused-ring (bicyclic) bond motifs is 1. The highest BCUT2D eigenvalue weighted by atomic mass is 15.2. The van der Waals surface area contributed by atoms with Gasteiger partial charge in [0.1, 0.15) is 0 Å². The van der Waals surface area contributed by atoms with E-state index in [1.165, 1.54) is 25.7 Å². The van der Waals surface area contributed by atoms with Crippen molar-refractivity contribution in [2.75, 3.05) is 0 Å². The molecule has 3 aliphatic rings. The third-order valence-corrected chi connectivity index (χ3v) is 4.29. The van der Waals surface area contributed by atoms with E-state index in [1.807, 2.05) is 0 Å². The first-order chi connectivity index (χ1) is 5.43. The zero-order valence-electron chi connectivity index (χ0n) is 8.83. The molecule has 2 atom stereocenters. The smallest absolute Gasteiger partial charge is 0.0253 e. The number of hydrogen-bond acceptors (Lipinski definition) is 1. The van der Waals surface area contributed by atoms with Gasteiger partial charge >= 0.3 is 0 Å². The molecule has 3 rings (SSSR count). The first kappa shape index (κ1) is 8.55. The van der Waals surface area contributed by atoms with Crippen LogP contribution in [0.5, 0.6) is 0 Å². The van der Waals surface area contributed by atoms with Crippen LogP contribution >= 0.6 is 0 Å². The summed E-state index contributed by atoms with van der Waals surface area (Å²) in [6.07, 6.45) is 5.52. The van der Waals surface area contributed by atoms with Crippen molar-refractivity contribution >= 4 is 0 Å². The van der Waals surface area contributed by atoms with E-state index in [1.54, 1.807) is 0 Å². The SMILES string of the molecule is CCC12CCC(C(C)(C)C)(C1)N2. The third kappa shape index (κ3) is 0.834. The van der Waals surface area contributed by atoms with Crippen molar-refractivity contribution in [1.82, 2.24) is 5.32 Å². The van der Waals surface area contributed by atoms with Crippen LogP contribution in [0.15, 0.2) is 0 Å². The van der Waals surface area contributed by atoms with E-state index in [-0.39, 0.29) is 0 Å². The predicted octanol–water partition coefficient (Wildman–Crippen LogP) is 2.71. The highest BCUT2D eigenvalue weighted by Gasteiger charge is 2.63. The van der Waals surface area contributed by atoms with Gasteiger partial charge < -0.3 is 5.32 Å². The largest absolute Gasteiger partial charge is 0.305 e. The molecule has 0 aromatic rings. The van der Waals surface area contributed by atoms with Crippen LogP contribution in [0.1, 0.15) is 53.4 Å². The maximum atomic E-state index is 3.83. The van der Waals surface area contributed by atoms with Crippen LogP contribution in [0.2, 0.25) is 0 Å². The molecule has 0 amide bonds. The van der Waals surface area contributed by atoms with E-state index < -0.39 is 0 Å². The molecule has 1 aliphatic carbocycles. The molecule has 1 N–H and O–H groups in total. The average molecular weight is 167 g/mol. The quantitative estimate of drug-likeness (QED) is 0.633. The molecule has 1 nitrogen and oxygen atoms in total. The maximum absolute atomic E-state index is 3.83. The van der Waals surface area contributed by atoms with Crippen LogP contribution in [-0.4, -0.2) is 11.1 Å². The van der Waals surface area contributed by atoms with Crippen LogP contribution in [0, 0.1) is 5.41 Å². The lowest BCUT2D eigenvalue weighted by atomic mass is 9.65. The van der Waals surface area contributed by atoms with Gasteiger partial charge in [0.2, 0.25) is 0 Å². The summed E-state index contributed by atoms with van der Waals surface area (Å²) in [5.41, 5.74) is 1.48. The fraction of sp³-hybridized carbons (Fsp3) is 1.00. The molecular weight excluding hydrogens is 146 g/mol. The summed E-state index contributed by atoms with van der Waals surface area (Å²) in [6.45, 7) is 9.41. The van der Waals surface area contributed by atoms with E-state index in [9.17, 15) is 0 Å². The molecule has 0 aromatic carbocycles. The molecule has 1 heteroatoms. The fourth-order valence-corrected chi connectivity index (χ4v) is 3.04. The average Bonchev–Trinajstić information content (AvgIpc) is 2.37. The number of hydrogen-bond donors (Lipinski definition) is 1. The number of nitrogens with one attached hydrogen (secondary N) is 1. The number of rotatable bonds is 1. The molecule has 2 aliphatic heterocycles. The molecule has 2 bridgehead atoms. The summed E-state index contributed by atoms with van der Waals surface area (Å²) in [7, 11) is 0. The summed E-state index contributed by atoms with van der Waals surface area (Å²) in [5.74, 6) is 0. The Labute approximate surface area is 75.9 Å². The summed E-state index contributed by atoms with van der Waals surface area (Å²) < 4.78 is 0. The van der Waals surface area contributed by atoms with E-state index in [0.29, 0.717) is 16.5 Å². The lowest BCUT2D eigenvalue weighted by Gasteiger charge is -2.56. The molecular formula is C11H21N. The molecule has 12 heavy (non-hydrogen) atoms. The topological polar surface area (TPSA) is 12.0 Å². The molecule has 70 valence electrons. The standard InChI is InChI=1S/C11H21N/c1-5-10-6-7-11(8-10,12-10)9(2,3)4/h12H,5-8H2,1-4H3. The molecule has 0 radical (unpaired) electrons. The summed E-state index contributed by atoms with van der Waals surface area (Å²) in [5, 5.41) is 3.83. The van der Waals surface area contributed by atoms with Crippen LogP contribution in [0.3, 0.4) is 0 Å². The highest BCUT2D eigenvalue weighted by Crippen LogP contribution is 2.57. The van der Waals surface area contributed by atoms with Gasteiger partial charge in [-0.1, -0.05) is 27.7 Å². The Hall–Kier alpha value is -0.0400. The highest BCUT2D eigenvalue weighted by molar-refractivity contribution is 5.23. The van der Waals surface area contributed by atoms with Crippen molar-refractivity contribution in [3.05, 3.63) is 0 Å². The molecule has 0 aromatic heterocycles. The van der Waals surface area contributed by atoms with Gasteiger partial charge in [-0.25, -0.2) is 0 Å². The Morgan fingerprint density at radius 1 is 1.25 bits per heavy atom. The van der Waals surface area contributed by atoms with E-state index in [4.69, 9.17) is 0 Å². The lowest BCUT2D eigenvalue weighted by molar-refractivity contribution is 0.0261. The Balaban J connectivity index is 2.14. The van der Waals surface area contributed by atoms with Gasteiger partial charge in [0, 0.05) is 11.1 Å². The minimum Gasteiger partial charge on any atom is -0.305 e. The van der Waals surface area contributed by atoms with Crippen molar-refractivity contribution in [2.24, 2.45) is 5.41 Å². The minimum atomic E-state index is 0.447. The van der Waals surface area contributed by atoms with Gasteiger partial charge in [0.15, 0.2) is 0 Å². The van der Waals surface area contributed by atoms with Crippen LogP contribution in [0.25, 0.3) is 0 Å². The zero-order chi connectivity index (χ0) is 9.04. The van der Waals surface area contributed by atoms with E-state index >= 15 is 0 Å². The van der Waals surface area contributed by atoms with Crippen molar-refractivity contribution in [3.8, 4) is 0 Å². The summed E-state index contributed by atoms with van der Waals surface area (Å²) in [4.78, 5) is 0. The van der Waals surface area contributed by atoms with Crippen molar-refractivity contribution in [2.45, 2.75) is 64.5 Å². The predicted molar refractivity (Wildman–Crippen MR) is 52.2 cm³/mol. The van der Waals surface area contributed by atoms with Gasteiger partial charge in [-0.3, -0.25) is 0 Å². The molecule has 2 heterocycles. The molecule has 3 fully saturated rings. The minimum absolute atomic E-state index is 0.447. The molecule has 0 spiro atoms. The van der Waals surface area contributed by atoms with Gasteiger partial charge in [-0.2, -0.15) is 0 Å². The second-order valence-electron chi connectivity index (χ2n) is 5.77. The van der Waals surface area contributed by atoms with Gasteiger partial charge in [-0.05, 0) is 31.1 Å². The lowest BCUT2D eigenvalue weighted by Crippen LogP contribution is -2.69. The molecule has 1 saturated carbocycles. The van der Waals surface area contributed by atoms with Gasteiger partial charge in [0.25, 0.3) is 0 Å². The normalized spacial score (nSPS) is 46.0. The maximum Gasteiger partial charge on any atom is 0.0253 e. The van der Waals surface area contributed by atoms with Crippen LogP contribution in [-0.2, 0) is 0 Å². The van der Waals surface area contributed by atoms with Crippen LogP contribution < -0.4 is 5.32 Å². The summed E-state index contributed by atoms with van der Waals surface area (Å²) >= 11 is 0. The van der Waals surface area contributed by atoms with Gasteiger partial charge in [-0.15, -0.1) is 0 Å².